The standard InChI is InChI=1S/C42H44OSi/c1-8-23-43-41-29(5)24-28(4)25-40(41)44(6,7)42-38-26-32(34-17-13-11-15-30(34)9-2)19-21-36(38)37-22-20-33(27-39(37)42)35-18-14-12-16-31(35)10-3/h8,11-22,24-27,42H,1,9-10,23H2,2-7H3. The Morgan fingerprint density at radius 3 is 1.70 bits per heavy atom. The van der Waals surface area contributed by atoms with E-state index in [1.807, 2.05) is 6.08 Å². The van der Waals surface area contributed by atoms with Crippen molar-refractivity contribution < 1.29 is 4.74 Å². The first-order chi connectivity index (χ1) is 21.3. The van der Waals surface area contributed by atoms with Crippen LogP contribution in [0.1, 0.15) is 52.8 Å². The van der Waals surface area contributed by atoms with Crippen molar-refractivity contribution in [1.82, 2.24) is 0 Å². The van der Waals surface area contributed by atoms with Crippen molar-refractivity contribution in [2.24, 2.45) is 0 Å². The van der Waals surface area contributed by atoms with Crippen LogP contribution in [0.5, 0.6) is 5.75 Å². The van der Waals surface area contributed by atoms with E-state index < -0.39 is 8.07 Å². The number of ether oxygens (including phenoxy) is 1. The highest BCUT2D eigenvalue weighted by atomic mass is 28.3. The summed E-state index contributed by atoms with van der Waals surface area (Å²) >= 11 is 0. The van der Waals surface area contributed by atoms with E-state index in [-0.39, 0.29) is 5.54 Å². The minimum atomic E-state index is -2.26. The second-order valence-corrected chi connectivity index (χ2v) is 17.4. The van der Waals surface area contributed by atoms with E-state index in [4.69, 9.17) is 4.74 Å². The fourth-order valence-electron chi connectivity index (χ4n) is 7.52. The van der Waals surface area contributed by atoms with Gasteiger partial charge in [-0.05, 0) is 93.1 Å². The Morgan fingerprint density at radius 1 is 0.682 bits per heavy atom. The summed E-state index contributed by atoms with van der Waals surface area (Å²) in [5, 5.41) is 1.39. The summed E-state index contributed by atoms with van der Waals surface area (Å²) in [5.41, 5.74) is 16.5. The quantitative estimate of drug-likeness (QED) is 0.122. The molecule has 1 nitrogen and oxygen atoms in total. The number of rotatable bonds is 9. The molecule has 5 aromatic carbocycles. The molecule has 44 heavy (non-hydrogen) atoms. The number of hydrogen-bond donors (Lipinski definition) is 0. The van der Waals surface area contributed by atoms with E-state index in [1.54, 1.807) is 0 Å². The van der Waals surface area contributed by atoms with Crippen LogP contribution in [0.4, 0.5) is 0 Å². The van der Waals surface area contributed by atoms with Gasteiger partial charge in [0, 0.05) is 5.54 Å². The lowest BCUT2D eigenvalue weighted by atomic mass is 9.94. The van der Waals surface area contributed by atoms with Crippen LogP contribution in [0.25, 0.3) is 33.4 Å². The zero-order valence-electron chi connectivity index (χ0n) is 27.1. The predicted molar refractivity (Wildman–Crippen MR) is 192 cm³/mol. The summed E-state index contributed by atoms with van der Waals surface area (Å²) in [6.45, 7) is 18.5. The molecule has 0 saturated carbocycles. The molecular weight excluding hydrogens is 549 g/mol. The minimum absolute atomic E-state index is 0.280. The average molecular weight is 593 g/mol. The van der Waals surface area contributed by atoms with E-state index in [0.717, 1.165) is 18.6 Å². The second-order valence-electron chi connectivity index (χ2n) is 12.8. The molecule has 0 bridgehead atoms. The monoisotopic (exact) mass is 592 g/mol. The molecule has 0 aromatic heterocycles. The maximum atomic E-state index is 6.46. The molecule has 2 heteroatoms. The lowest BCUT2D eigenvalue weighted by Crippen LogP contribution is -2.48. The molecule has 0 fully saturated rings. The van der Waals surface area contributed by atoms with Crippen molar-refractivity contribution in [2.75, 3.05) is 6.61 Å². The number of aryl methyl sites for hydroxylation is 4. The van der Waals surface area contributed by atoms with Crippen LogP contribution in [-0.4, -0.2) is 14.7 Å². The fraction of sp³-hybridized carbons (Fsp3) is 0.238. The van der Waals surface area contributed by atoms with Gasteiger partial charge in [-0.1, -0.05) is 142 Å². The number of hydrogen-bond acceptors (Lipinski definition) is 1. The molecule has 222 valence electrons. The first-order valence-electron chi connectivity index (χ1n) is 16.1. The lowest BCUT2D eigenvalue weighted by molar-refractivity contribution is 0.363. The molecule has 0 heterocycles. The summed E-state index contributed by atoms with van der Waals surface area (Å²) in [4.78, 5) is 0. The molecule has 0 aliphatic heterocycles. The molecule has 1 aliphatic carbocycles. The van der Waals surface area contributed by atoms with Gasteiger partial charge in [0.25, 0.3) is 0 Å². The van der Waals surface area contributed by atoms with Crippen LogP contribution >= 0.6 is 0 Å². The van der Waals surface area contributed by atoms with Crippen molar-refractivity contribution in [2.45, 2.75) is 59.2 Å². The third-order valence-electron chi connectivity index (χ3n) is 9.61. The van der Waals surface area contributed by atoms with E-state index in [1.165, 1.54) is 71.9 Å². The van der Waals surface area contributed by atoms with Gasteiger partial charge in [-0.25, -0.2) is 0 Å². The molecule has 1 aliphatic rings. The van der Waals surface area contributed by atoms with Crippen molar-refractivity contribution in [3.63, 3.8) is 0 Å². The van der Waals surface area contributed by atoms with Gasteiger partial charge < -0.3 is 4.74 Å². The predicted octanol–water partition coefficient (Wildman–Crippen LogP) is 10.6. The van der Waals surface area contributed by atoms with E-state index in [0.29, 0.717) is 6.61 Å². The summed E-state index contributed by atoms with van der Waals surface area (Å²) in [6, 6.07) is 36.9. The minimum Gasteiger partial charge on any atom is -0.489 e. The normalized spacial score (nSPS) is 12.6. The van der Waals surface area contributed by atoms with Crippen LogP contribution in [0.15, 0.2) is 110 Å². The van der Waals surface area contributed by atoms with E-state index >= 15 is 0 Å². The molecule has 0 atom stereocenters. The summed E-state index contributed by atoms with van der Waals surface area (Å²) in [5.74, 6) is 1.04. The van der Waals surface area contributed by atoms with Gasteiger partial charge in [-0.3, -0.25) is 0 Å². The van der Waals surface area contributed by atoms with Gasteiger partial charge >= 0.3 is 0 Å². The topological polar surface area (TPSA) is 9.23 Å². The Morgan fingerprint density at radius 2 is 1.20 bits per heavy atom. The molecule has 0 radical (unpaired) electrons. The number of benzene rings is 5. The average Bonchev–Trinajstić information content (AvgIpc) is 3.37. The maximum absolute atomic E-state index is 6.46. The first kappa shape index (κ1) is 29.9. The Balaban J connectivity index is 1.61. The Hall–Kier alpha value is -4.14. The molecule has 0 amide bonds. The highest BCUT2D eigenvalue weighted by Gasteiger charge is 2.44. The van der Waals surface area contributed by atoms with Gasteiger partial charge in [0.05, 0.1) is 8.07 Å². The van der Waals surface area contributed by atoms with Crippen LogP contribution in [0, 0.1) is 13.8 Å². The van der Waals surface area contributed by atoms with Gasteiger partial charge in [0.2, 0.25) is 0 Å². The molecule has 0 spiro atoms. The smallest absolute Gasteiger partial charge is 0.121 e. The highest BCUT2D eigenvalue weighted by molar-refractivity contribution is 6.92. The van der Waals surface area contributed by atoms with Crippen LogP contribution in [0.2, 0.25) is 13.1 Å². The molecule has 0 saturated heterocycles. The number of fused-ring (bicyclic) bond motifs is 3. The zero-order valence-corrected chi connectivity index (χ0v) is 28.1. The van der Waals surface area contributed by atoms with Crippen LogP contribution in [-0.2, 0) is 12.8 Å². The van der Waals surface area contributed by atoms with Crippen molar-refractivity contribution in [1.29, 1.82) is 0 Å². The SMILES string of the molecule is C=CCOc1c(C)cc(C)cc1[Si](C)(C)C1c2cc(-c3ccccc3CC)ccc2-c2ccc(-c3ccccc3CC)cc21. The zero-order chi connectivity index (χ0) is 31.0. The second kappa shape index (κ2) is 12.1. The van der Waals surface area contributed by atoms with Crippen molar-refractivity contribution >= 4 is 13.3 Å². The fourth-order valence-corrected chi connectivity index (χ4v) is 11.3. The van der Waals surface area contributed by atoms with E-state index in [9.17, 15) is 0 Å². The third kappa shape index (κ3) is 5.16. The molecule has 0 unspecified atom stereocenters. The van der Waals surface area contributed by atoms with Gasteiger partial charge in [-0.15, -0.1) is 0 Å². The summed E-state index contributed by atoms with van der Waals surface area (Å²) in [7, 11) is -2.26. The molecular formula is C42H44OSi. The first-order valence-corrected chi connectivity index (χ1v) is 19.2. The van der Waals surface area contributed by atoms with Crippen molar-refractivity contribution in [3.05, 3.63) is 143 Å². The molecule has 5 aromatic rings. The third-order valence-corrected chi connectivity index (χ3v) is 13.4. The van der Waals surface area contributed by atoms with Crippen LogP contribution in [0.3, 0.4) is 0 Å². The van der Waals surface area contributed by atoms with Gasteiger partial charge in [-0.2, -0.15) is 0 Å². The molecule has 6 rings (SSSR count). The van der Waals surface area contributed by atoms with Crippen molar-refractivity contribution in [3.8, 4) is 39.1 Å². The summed E-state index contributed by atoms with van der Waals surface area (Å²) < 4.78 is 6.46. The van der Waals surface area contributed by atoms with Crippen LogP contribution < -0.4 is 9.92 Å². The Kier molecular flexibility index (Phi) is 8.22. The van der Waals surface area contributed by atoms with Gasteiger partial charge in [0.15, 0.2) is 0 Å². The van der Waals surface area contributed by atoms with Gasteiger partial charge in [0.1, 0.15) is 12.4 Å². The highest BCUT2D eigenvalue weighted by Crippen LogP contribution is 2.51. The summed E-state index contributed by atoms with van der Waals surface area (Å²) in [6.07, 6.45) is 3.89. The maximum Gasteiger partial charge on any atom is 0.121 e. The largest absolute Gasteiger partial charge is 0.489 e. The Bertz CT molecular complexity index is 1760. The Labute approximate surface area is 265 Å². The van der Waals surface area contributed by atoms with E-state index in [2.05, 4.69) is 144 Å². The molecule has 0 N–H and O–H groups in total. The lowest BCUT2D eigenvalue weighted by Gasteiger charge is -2.34.